The number of rotatable bonds is 7. The number of hydrogen-bond donors (Lipinski definition) is 2. The van der Waals surface area contributed by atoms with E-state index in [1.165, 1.54) is 11.3 Å². The first-order chi connectivity index (χ1) is 16.1. The number of aromatic amines is 1. The van der Waals surface area contributed by atoms with E-state index in [1.54, 1.807) is 38.1 Å². The van der Waals surface area contributed by atoms with Crippen LogP contribution in [0.2, 0.25) is 0 Å². The molecule has 180 valence electrons. The Morgan fingerprint density at radius 2 is 1.88 bits per heavy atom. The molecule has 1 fully saturated rings. The van der Waals surface area contributed by atoms with Crippen molar-refractivity contribution < 1.29 is 14.7 Å². The van der Waals surface area contributed by atoms with E-state index in [0.29, 0.717) is 62.0 Å². The number of carbonyl (C=O) groups excluding carboxylic acids is 2. The third kappa shape index (κ3) is 5.28. The van der Waals surface area contributed by atoms with Crippen LogP contribution in [0, 0.1) is 12.8 Å². The fourth-order valence-corrected chi connectivity index (χ4v) is 5.24. The number of piperidine rings is 1. The molecule has 0 spiro atoms. The highest BCUT2D eigenvalue weighted by Gasteiger charge is 2.28. The van der Waals surface area contributed by atoms with Crippen LogP contribution in [0.15, 0.2) is 34.4 Å². The zero-order chi connectivity index (χ0) is 24.5. The van der Waals surface area contributed by atoms with E-state index in [-0.39, 0.29) is 23.2 Å². The Bertz CT molecular complexity index is 1250. The Balaban J connectivity index is 1.26. The average molecular weight is 482 g/mol. The van der Waals surface area contributed by atoms with E-state index in [4.69, 9.17) is 0 Å². The number of ketones is 1. The molecule has 0 radical (unpaired) electrons. The molecular weight excluding hydrogens is 450 g/mol. The minimum Gasteiger partial charge on any atom is -0.386 e. The molecule has 0 atom stereocenters. The van der Waals surface area contributed by atoms with Crippen molar-refractivity contribution in [2.75, 3.05) is 13.1 Å². The SMILES string of the molecule is Cc1scc2c(=O)[nH]c(CCCC(=O)N3CCC(C(=O)c4ccc(C(C)(C)O)cc4)CC3)nc12. The van der Waals surface area contributed by atoms with E-state index in [1.807, 2.05) is 17.2 Å². The van der Waals surface area contributed by atoms with Gasteiger partial charge in [-0.1, -0.05) is 24.3 Å². The molecule has 1 aliphatic heterocycles. The van der Waals surface area contributed by atoms with Crippen molar-refractivity contribution in [2.45, 2.75) is 58.5 Å². The molecule has 3 heterocycles. The first kappa shape index (κ1) is 24.3. The molecule has 1 aromatic carbocycles. The van der Waals surface area contributed by atoms with Crippen LogP contribution < -0.4 is 5.56 Å². The summed E-state index contributed by atoms with van der Waals surface area (Å²) in [5.74, 6) is 0.706. The van der Waals surface area contributed by atoms with Crippen molar-refractivity contribution >= 4 is 33.9 Å². The number of fused-ring (bicyclic) bond motifs is 1. The minimum absolute atomic E-state index is 0.0792. The molecule has 0 bridgehead atoms. The van der Waals surface area contributed by atoms with Gasteiger partial charge in [0.25, 0.3) is 5.56 Å². The van der Waals surface area contributed by atoms with Crippen LogP contribution in [0.3, 0.4) is 0 Å². The van der Waals surface area contributed by atoms with Crippen molar-refractivity contribution in [2.24, 2.45) is 5.92 Å². The Morgan fingerprint density at radius 1 is 1.21 bits per heavy atom. The van der Waals surface area contributed by atoms with Crippen molar-refractivity contribution in [1.82, 2.24) is 14.9 Å². The Labute approximate surface area is 202 Å². The van der Waals surface area contributed by atoms with Gasteiger partial charge < -0.3 is 15.0 Å². The van der Waals surface area contributed by atoms with Crippen molar-refractivity contribution in [3.63, 3.8) is 0 Å². The molecule has 1 aliphatic rings. The predicted octanol–water partition coefficient (Wildman–Crippen LogP) is 3.96. The van der Waals surface area contributed by atoms with Crippen LogP contribution in [0.1, 0.15) is 66.2 Å². The summed E-state index contributed by atoms with van der Waals surface area (Å²) >= 11 is 1.51. The van der Waals surface area contributed by atoms with E-state index >= 15 is 0 Å². The molecular formula is C26H31N3O4S. The molecule has 3 aromatic rings. The Kier molecular flexibility index (Phi) is 7.00. The molecule has 8 heteroatoms. The molecule has 34 heavy (non-hydrogen) atoms. The topological polar surface area (TPSA) is 103 Å². The van der Waals surface area contributed by atoms with Gasteiger partial charge in [-0.05, 0) is 45.6 Å². The van der Waals surface area contributed by atoms with Crippen LogP contribution in [0.4, 0.5) is 0 Å². The molecule has 0 aliphatic carbocycles. The van der Waals surface area contributed by atoms with Gasteiger partial charge in [0.2, 0.25) is 5.91 Å². The van der Waals surface area contributed by atoms with Gasteiger partial charge in [-0.2, -0.15) is 0 Å². The highest BCUT2D eigenvalue weighted by atomic mass is 32.1. The smallest absolute Gasteiger partial charge is 0.259 e. The van der Waals surface area contributed by atoms with E-state index < -0.39 is 5.60 Å². The largest absolute Gasteiger partial charge is 0.386 e. The summed E-state index contributed by atoms with van der Waals surface area (Å²) in [6.45, 7) is 6.54. The van der Waals surface area contributed by atoms with Crippen molar-refractivity contribution in [1.29, 1.82) is 0 Å². The summed E-state index contributed by atoms with van der Waals surface area (Å²) < 4.78 is 0. The number of nitrogens with one attached hydrogen (secondary N) is 1. The number of aliphatic hydroxyl groups is 1. The number of carbonyl (C=O) groups is 2. The summed E-state index contributed by atoms with van der Waals surface area (Å²) in [4.78, 5) is 48.0. The highest BCUT2D eigenvalue weighted by Crippen LogP contribution is 2.25. The zero-order valence-corrected chi connectivity index (χ0v) is 20.7. The Morgan fingerprint density at radius 3 is 2.53 bits per heavy atom. The maximum Gasteiger partial charge on any atom is 0.259 e. The normalized spacial score (nSPS) is 15.1. The van der Waals surface area contributed by atoms with E-state index in [2.05, 4.69) is 9.97 Å². The number of amides is 1. The summed E-state index contributed by atoms with van der Waals surface area (Å²) in [7, 11) is 0. The van der Waals surface area contributed by atoms with Gasteiger partial charge in [0.05, 0.1) is 16.5 Å². The number of benzene rings is 1. The maximum absolute atomic E-state index is 12.9. The number of thiophene rings is 1. The highest BCUT2D eigenvalue weighted by molar-refractivity contribution is 7.11. The van der Waals surface area contributed by atoms with Crippen LogP contribution in [0.5, 0.6) is 0 Å². The lowest BCUT2D eigenvalue weighted by Gasteiger charge is -2.31. The molecule has 2 aromatic heterocycles. The van der Waals surface area contributed by atoms with E-state index in [9.17, 15) is 19.5 Å². The van der Waals surface area contributed by atoms with Gasteiger partial charge >= 0.3 is 0 Å². The predicted molar refractivity (Wildman–Crippen MR) is 133 cm³/mol. The fourth-order valence-electron chi connectivity index (χ4n) is 4.46. The number of aryl methyl sites for hydroxylation is 2. The summed E-state index contributed by atoms with van der Waals surface area (Å²) in [6.07, 6.45) is 2.85. The molecule has 0 saturated carbocycles. The number of hydrogen-bond acceptors (Lipinski definition) is 6. The van der Waals surface area contributed by atoms with Gasteiger partial charge in [0, 0.05) is 47.7 Å². The first-order valence-corrected chi connectivity index (χ1v) is 12.6. The third-order valence-electron chi connectivity index (χ3n) is 6.59. The summed E-state index contributed by atoms with van der Waals surface area (Å²) in [6, 6.07) is 7.15. The molecule has 1 amide bonds. The minimum atomic E-state index is -0.936. The lowest BCUT2D eigenvalue weighted by atomic mass is 9.87. The standard InChI is InChI=1S/C26H31N3O4S/c1-16-23-20(15-34-16)25(32)28-21(27-23)5-4-6-22(30)29-13-11-18(12-14-29)24(31)17-7-9-19(10-8-17)26(2,3)33/h7-10,15,18,33H,4-6,11-14H2,1-3H3,(H,27,28,32). The van der Waals surface area contributed by atoms with Crippen molar-refractivity contribution in [3.8, 4) is 0 Å². The lowest BCUT2D eigenvalue weighted by molar-refractivity contribution is -0.132. The van der Waals surface area contributed by atoms with Crippen LogP contribution in [0.25, 0.3) is 10.9 Å². The Hall–Kier alpha value is -2.84. The second-order valence-electron chi connectivity index (χ2n) is 9.58. The molecule has 4 rings (SSSR count). The third-order valence-corrected chi connectivity index (χ3v) is 7.49. The van der Waals surface area contributed by atoms with Crippen LogP contribution in [-0.4, -0.2) is 44.8 Å². The van der Waals surface area contributed by atoms with Crippen LogP contribution in [-0.2, 0) is 16.8 Å². The molecule has 7 nitrogen and oxygen atoms in total. The maximum atomic E-state index is 12.9. The van der Waals surface area contributed by atoms with Gasteiger partial charge in [-0.3, -0.25) is 14.4 Å². The van der Waals surface area contributed by atoms with Crippen LogP contribution >= 0.6 is 11.3 Å². The number of Topliss-reactive ketones (excluding diaryl/α,β-unsaturated/α-hetero) is 1. The molecule has 0 unspecified atom stereocenters. The second-order valence-corrected chi connectivity index (χ2v) is 10.7. The summed E-state index contributed by atoms with van der Waals surface area (Å²) in [5, 5.41) is 12.5. The fraction of sp³-hybridized carbons (Fsp3) is 0.462. The second kappa shape index (κ2) is 9.80. The number of nitrogens with zero attached hydrogens (tertiary/aromatic N) is 2. The average Bonchev–Trinajstić information content (AvgIpc) is 3.19. The molecule has 2 N–H and O–H groups in total. The van der Waals surface area contributed by atoms with Gasteiger partial charge in [0.15, 0.2) is 5.78 Å². The van der Waals surface area contributed by atoms with Gasteiger partial charge in [-0.15, -0.1) is 11.3 Å². The van der Waals surface area contributed by atoms with E-state index in [0.717, 1.165) is 16.0 Å². The number of likely N-dealkylation sites (tertiary alicyclic amines) is 1. The van der Waals surface area contributed by atoms with Crippen molar-refractivity contribution in [3.05, 3.63) is 61.8 Å². The molecule has 1 saturated heterocycles. The lowest BCUT2D eigenvalue weighted by Crippen LogP contribution is -2.40. The zero-order valence-electron chi connectivity index (χ0n) is 19.9. The first-order valence-electron chi connectivity index (χ1n) is 11.8. The number of H-pyrrole nitrogens is 1. The summed E-state index contributed by atoms with van der Waals surface area (Å²) in [5.41, 5.74) is 1.11. The monoisotopic (exact) mass is 481 g/mol. The quantitative estimate of drug-likeness (QED) is 0.497. The van der Waals surface area contributed by atoms with Gasteiger partial charge in [0.1, 0.15) is 5.82 Å². The van der Waals surface area contributed by atoms with Gasteiger partial charge in [-0.25, -0.2) is 4.98 Å². The number of aromatic nitrogens is 2.